The number of hydrogen-bond acceptors (Lipinski definition) is 5. The second kappa shape index (κ2) is 7.21. The van der Waals surface area contributed by atoms with Crippen LogP contribution in [0.5, 0.6) is 5.75 Å². The highest BCUT2D eigenvalue weighted by Crippen LogP contribution is 2.35. The normalized spacial score (nSPS) is 16.6. The third kappa shape index (κ3) is 3.55. The van der Waals surface area contributed by atoms with Crippen molar-refractivity contribution in [3.05, 3.63) is 54.0 Å². The molecule has 1 aromatic heterocycles. The largest absolute Gasteiger partial charge is 0.496 e. The lowest BCUT2D eigenvalue weighted by atomic mass is 10.0. The molecule has 0 bridgehead atoms. The van der Waals surface area contributed by atoms with Gasteiger partial charge in [-0.25, -0.2) is 5.01 Å². The number of furan rings is 1. The van der Waals surface area contributed by atoms with E-state index in [1.165, 1.54) is 11.3 Å². The van der Waals surface area contributed by atoms with Crippen molar-refractivity contribution in [1.82, 2.24) is 5.01 Å². The number of rotatable bonds is 6. The van der Waals surface area contributed by atoms with Crippen LogP contribution in [-0.4, -0.2) is 34.8 Å². The van der Waals surface area contributed by atoms with Gasteiger partial charge in [0.15, 0.2) is 0 Å². The van der Waals surface area contributed by atoms with E-state index in [0.29, 0.717) is 23.6 Å². The molecule has 1 amide bonds. The molecular formula is C18H18N2O5. The molecule has 2 aromatic rings. The highest BCUT2D eigenvalue weighted by atomic mass is 16.5. The van der Waals surface area contributed by atoms with Gasteiger partial charge in [0, 0.05) is 18.4 Å². The molecule has 1 aliphatic heterocycles. The molecule has 0 saturated carbocycles. The fourth-order valence-corrected chi connectivity index (χ4v) is 2.82. The number of hydrazone groups is 1. The lowest BCUT2D eigenvalue weighted by Crippen LogP contribution is -2.27. The molecule has 7 nitrogen and oxygen atoms in total. The minimum Gasteiger partial charge on any atom is -0.496 e. The number of nitrogens with zero attached hydrogens (tertiary/aromatic N) is 2. The number of aliphatic carboxylic acids is 1. The van der Waals surface area contributed by atoms with Crippen LogP contribution in [0.25, 0.3) is 0 Å². The maximum Gasteiger partial charge on any atom is 0.303 e. The van der Waals surface area contributed by atoms with Crippen molar-refractivity contribution >= 4 is 17.6 Å². The molecule has 7 heteroatoms. The predicted octanol–water partition coefficient (Wildman–Crippen LogP) is 2.83. The van der Waals surface area contributed by atoms with Crippen LogP contribution in [0.4, 0.5) is 0 Å². The van der Waals surface area contributed by atoms with Gasteiger partial charge in [-0.1, -0.05) is 12.1 Å². The second-order valence-corrected chi connectivity index (χ2v) is 5.61. The second-order valence-electron chi connectivity index (χ2n) is 5.61. The number of methoxy groups -OCH3 is 1. The molecule has 0 radical (unpaired) electrons. The van der Waals surface area contributed by atoms with Crippen molar-refractivity contribution in [3.63, 3.8) is 0 Å². The first-order chi connectivity index (χ1) is 12.1. The molecular weight excluding hydrogens is 324 g/mol. The molecule has 1 aromatic carbocycles. The van der Waals surface area contributed by atoms with Gasteiger partial charge in [0.1, 0.15) is 17.6 Å². The summed E-state index contributed by atoms with van der Waals surface area (Å²) in [7, 11) is 1.58. The molecule has 0 unspecified atom stereocenters. The van der Waals surface area contributed by atoms with E-state index in [4.69, 9.17) is 14.3 Å². The summed E-state index contributed by atoms with van der Waals surface area (Å²) < 4.78 is 10.8. The lowest BCUT2D eigenvalue weighted by molar-refractivity contribution is -0.141. The van der Waals surface area contributed by atoms with Gasteiger partial charge < -0.3 is 14.3 Å². The Morgan fingerprint density at radius 3 is 2.76 bits per heavy atom. The molecule has 0 spiro atoms. The number of ether oxygens (including phenoxy) is 1. The quantitative estimate of drug-likeness (QED) is 0.871. The first-order valence-electron chi connectivity index (χ1n) is 7.88. The van der Waals surface area contributed by atoms with Gasteiger partial charge in [-0.15, -0.1) is 0 Å². The van der Waals surface area contributed by atoms with E-state index in [-0.39, 0.29) is 18.7 Å². The Bertz CT molecular complexity index is 798. The smallest absolute Gasteiger partial charge is 0.303 e. The van der Waals surface area contributed by atoms with E-state index in [1.807, 2.05) is 24.3 Å². The minimum atomic E-state index is -1.02. The van der Waals surface area contributed by atoms with Crippen molar-refractivity contribution in [2.45, 2.75) is 25.3 Å². The average Bonchev–Trinajstić information content (AvgIpc) is 3.28. The third-order valence-corrected chi connectivity index (χ3v) is 4.01. The van der Waals surface area contributed by atoms with Crippen LogP contribution >= 0.6 is 0 Å². The molecule has 25 heavy (non-hydrogen) atoms. The van der Waals surface area contributed by atoms with Crippen molar-refractivity contribution in [2.24, 2.45) is 5.10 Å². The number of carboxylic acid groups (broad SMARTS) is 1. The summed E-state index contributed by atoms with van der Waals surface area (Å²) in [5.41, 5.74) is 1.50. The zero-order chi connectivity index (χ0) is 17.8. The van der Waals surface area contributed by atoms with Crippen molar-refractivity contribution < 1.29 is 23.8 Å². The molecule has 1 aliphatic rings. The van der Waals surface area contributed by atoms with Crippen LogP contribution in [0.15, 0.2) is 52.2 Å². The Kier molecular flexibility index (Phi) is 4.83. The van der Waals surface area contributed by atoms with Gasteiger partial charge in [-0.05, 0) is 24.3 Å². The Labute approximate surface area is 144 Å². The van der Waals surface area contributed by atoms with Gasteiger partial charge in [0.2, 0.25) is 5.91 Å². The molecule has 1 N–H and O–H groups in total. The summed E-state index contributed by atoms with van der Waals surface area (Å²) >= 11 is 0. The lowest BCUT2D eigenvalue weighted by Gasteiger charge is -2.19. The van der Waals surface area contributed by atoms with Gasteiger partial charge >= 0.3 is 5.97 Å². The van der Waals surface area contributed by atoms with Gasteiger partial charge in [0.05, 0.1) is 25.5 Å². The summed E-state index contributed by atoms with van der Waals surface area (Å²) in [6.45, 7) is 0. The average molecular weight is 342 g/mol. The van der Waals surface area contributed by atoms with Crippen molar-refractivity contribution in [2.75, 3.05) is 7.11 Å². The number of carboxylic acids is 1. The third-order valence-electron chi connectivity index (χ3n) is 4.01. The Balaban J connectivity index is 1.91. The van der Waals surface area contributed by atoms with E-state index >= 15 is 0 Å². The Morgan fingerprint density at radius 1 is 1.28 bits per heavy atom. The minimum absolute atomic E-state index is 0.116. The van der Waals surface area contributed by atoms with Crippen molar-refractivity contribution in [1.29, 1.82) is 0 Å². The van der Waals surface area contributed by atoms with Gasteiger partial charge in [0.25, 0.3) is 0 Å². The first kappa shape index (κ1) is 16.8. The van der Waals surface area contributed by atoms with Crippen LogP contribution in [0.3, 0.4) is 0 Å². The number of amides is 1. The fraction of sp³-hybridized carbons (Fsp3) is 0.278. The van der Waals surface area contributed by atoms with Gasteiger partial charge in [-0.3, -0.25) is 9.59 Å². The number of carbonyl (C=O) groups is 2. The monoisotopic (exact) mass is 342 g/mol. The van der Waals surface area contributed by atoms with Crippen LogP contribution in [0.1, 0.15) is 36.6 Å². The number of para-hydroxylation sites is 1. The summed E-state index contributed by atoms with van der Waals surface area (Å²) in [4.78, 5) is 23.2. The van der Waals surface area contributed by atoms with E-state index in [1.54, 1.807) is 19.2 Å². The summed E-state index contributed by atoms with van der Waals surface area (Å²) in [5, 5.41) is 14.6. The van der Waals surface area contributed by atoms with Crippen LogP contribution in [0.2, 0.25) is 0 Å². The zero-order valence-electron chi connectivity index (χ0n) is 13.7. The molecule has 3 rings (SSSR count). The molecule has 0 saturated heterocycles. The molecule has 0 fully saturated rings. The van der Waals surface area contributed by atoms with E-state index in [0.717, 1.165) is 5.56 Å². The van der Waals surface area contributed by atoms with E-state index in [9.17, 15) is 9.59 Å². The number of carbonyl (C=O) groups excluding carboxylic acids is 1. The van der Waals surface area contributed by atoms with E-state index < -0.39 is 12.0 Å². The topological polar surface area (TPSA) is 92.3 Å². The van der Waals surface area contributed by atoms with Gasteiger partial charge in [-0.2, -0.15) is 5.10 Å². The number of hydrogen-bond donors (Lipinski definition) is 1. The first-order valence-corrected chi connectivity index (χ1v) is 7.88. The predicted molar refractivity (Wildman–Crippen MR) is 89.3 cm³/mol. The molecule has 1 atom stereocenters. The summed E-state index contributed by atoms with van der Waals surface area (Å²) in [6, 6.07) is 10.6. The highest BCUT2D eigenvalue weighted by molar-refractivity contribution is 6.05. The van der Waals surface area contributed by atoms with E-state index in [2.05, 4.69) is 5.10 Å². The van der Waals surface area contributed by atoms with Crippen LogP contribution in [-0.2, 0) is 9.59 Å². The zero-order valence-corrected chi connectivity index (χ0v) is 13.7. The maximum absolute atomic E-state index is 12.5. The highest BCUT2D eigenvalue weighted by Gasteiger charge is 2.35. The maximum atomic E-state index is 12.5. The Morgan fingerprint density at radius 2 is 2.08 bits per heavy atom. The van der Waals surface area contributed by atoms with Crippen LogP contribution < -0.4 is 4.74 Å². The Hall–Kier alpha value is -3.09. The number of benzene rings is 1. The molecule has 130 valence electrons. The molecule has 2 heterocycles. The standard InChI is InChI=1S/C18H18N2O5/c1-24-15-6-3-2-5-12(15)13-11-14(16-7-4-10-25-16)20(19-13)17(21)8-9-18(22)23/h2-7,10,14H,8-9,11H2,1H3,(H,22,23)/t14-/m1/s1. The molecule has 0 aliphatic carbocycles. The van der Waals surface area contributed by atoms with Crippen LogP contribution in [0, 0.1) is 0 Å². The van der Waals surface area contributed by atoms with Crippen molar-refractivity contribution in [3.8, 4) is 5.75 Å². The SMILES string of the molecule is COc1ccccc1C1=NN(C(=O)CCC(=O)O)[C@@H](c2ccco2)C1. The fourth-order valence-electron chi connectivity index (χ4n) is 2.82. The summed E-state index contributed by atoms with van der Waals surface area (Å²) in [6.07, 6.45) is 1.65. The summed E-state index contributed by atoms with van der Waals surface area (Å²) in [5.74, 6) is -0.0960.